The van der Waals surface area contributed by atoms with Crippen LogP contribution in [0, 0.1) is 0 Å². The van der Waals surface area contributed by atoms with Crippen molar-refractivity contribution in [1.29, 1.82) is 0 Å². The lowest BCUT2D eigenvalue weighted by molar-refractivity contribution is 0.0951. The molecule has 6 heteroatoms. The molecule has 2 N–H and O–H groups in total. The molecule has 0 heterocycles. The molecule has 3 aromatic carbocycles. The Morgan fingerprint density at radius 3 is 1.97 bits per heavy atom. The van der Waals surface area contributed by atoms with Crippen molar-refractivity contribution in [3.8, 4) is 11.1 Å². The van der Waals surface area contributed by atoms with Crippen molar-refractivity contribution in [2.45, 2.75) is 32.2 Å². The fraction of sp³-hybridized carbons (Fsp3) is 0.208. The van der Waals surface area contributed by atoms with Crippen molar-refractivity contribution in [3.63, 3.8) is 0 Å². The van der Waals surface area contributed by atoms with Gasteiger partial charge in [0.25, 0.3) is 5.91 Å². The third-order valence-electron chi connectivity index (χ3n) is 4.50. The molecule has 1 amide bonds. The first-order valence-corrected chi connectivity index (χ1v) is 11.5. The van der Waals surface area contributed by atoms with Gasteiger partial charge in [0.2, 0.25) is 10.0 Å². The Morgan fingerprint density at radius 1 is 0.800 bits per heavy atom. The van der Waals surface area contributed by atoms with Gasteiger partial charge in [0.05, 0.1) is 5.75 Å². The van der Waals surface area contributed by atoms with Crippen molar-refractivity contribution in [2.75, 3.05) is 0 Å². The number of sulfonamides is 1. The van der Waals surface area contributed by atoms with Crippen LogP contribution in [0.25, 0.3) is 11.1 Å². The maximum absolute atomic E-state index is 12.4. The highest BCUT2D eigenvalue weighted by molar-refractivity contribution is 7.88. The summed E-state index contributed by atoms with van der Waals surface area (Å²) in [5.74, 6) is -0.214. The van der Waals surface area contributed by atoms with Crippen molar-refractivity contribution in [2.24, 2.45) is 0 Å². The first-order valence-electron chi connectivity index (χ1n) is 9.84. The molecule has 0 bridgehead atoms. The van der Waals surface area contributed by atoms with Crippen LogP contribution in [0.4, 0.5) is 0 Å². The second kappa shape index (κ2) is 9.69. The molecule has 30 heavy (non-hydrogen) atoms. The quantitative estimate of drug-likeness (QED) is 0.574. The zero-order chi connectivity index (χ0) is 21.6. The third-order valence-corrected chi connectivity index (χ3v) is 6.05. The summed E-state index contributed by atoms with van der Waals surface area (Å²) in [7, 11) is -3.35. The van der Waals surface area contributed by atoms with Crippen LogP contribution >= 0.6 is 0 Å². The lowest BCUT2D eigenvalue weighted by Crippen LogP contribution is -2.31. The zero-order valence-corrected chi connectivity index (χ0v) is 17.9. The van der Waals surface area contributed by atoms with Crippen molar-refractivity contribution >= 4 is 15.9 Å². The molecule has 156 valence electrons. The Morgan fingerprint density at radius 2 is 1.37 bits per heavy atom. The monoisotopic (exact) mass is 422 g/mol. The molecule has 5 nitrogen and oxygen atoms in total. The van der Waals surface area contributed by atoms with E-state index in [1.54, 1.807) is 26.0 Å². The van der Waals surface area contributed by atoms with Crippen LogP contribution < -0.4 is 10.0 Å². The van der Waals surface area contributed by atoms with Crippen LogP contribution in [0.15, 0.2) is 78.9 Å². The topological polar surface area (TPSA) is 75.3 Å². The van der Waals surface area contributed by atoms with E-state index in [4.69, 9.17) is 0 Å². The fourth-order valence-electron chi connectivity index (χ4n) is 3.10. The van der Waals surface area contributed by atoms with Gasteiger partial charge in [-0.3, -0.25) is 4.79 Å². The van der Waals surface area contributed by atoms with E-state index in [2.05, 4.69) is 10.0 Å². The minimum Gasteiger partial charge on any atom is -0.348 e. The molecule has 0 aliphatic carbocycles. The molecule has 0 saturated heterocycles. The summed E-state index contributed by atoms with van der Waals surface area (Å²) in [6, 6.07) is 24.6. The van der Waals surface area contributed by atoms with Crippen LogP contribution in [0.2, 0.25) is 0 Å². The molecule has 0 radical (unpaired) electrons. The summed E-state index contributed by atoms with van der Waals surface area (Å²) in [5.41, 5.74) is 4.37. The van der Waals surface area contributed by atoms with E-state index in [1.807, 2.05) is 66.7 Å². The fourth-order valence-corrected chi connectivity index (χ4v) is 4.54. The largest absolute Gasteiger partial charge is 0.348 e. The van der Waals surface area contributed by atoms with Crippen LogP contribution in [0.5, 0.6) is 0 Å². The molecule has 0 saturated carbocycles. The SMILES string of the molecule is CC(C)NS(=O)(=O)Cc1ccc(CNC(=O)c2ccc(-c3ccccc3)cc2)cc1. The highest BCUT2D eigenvalue weighted by Gasteiger charge is 2.13. The highest BCUT2D eigenvalue weighted by Crippen LogP contribution is 2.19. The van der Waals surface area contributed by atoms with Gasteiger partial charge in [-0.05, 0) is 48.2 Å². The van der Waals surface area contributed by atoms with E-state index in [9.17, 15) is 13.2 Å². The van der Waals surface area contributed by atoms with Crippen molar-refractivity contribution < 1.29 is 13.2 Å². The van der Waals surface area contributed by atoms with E-state index in [-0.39, 0.29) is 17.7 Å². The minimum atomic E-state index is -3.35. The number of carbonyl (C=O) groups is 1. The number of carbonyl (C=O) groups excluding carboxylic acids is 1. The molecule has 0 aliphatic rings. The van der Waals surface area contributed by atoms with Crippen molar-refractivity contribution in [3.05, 3.63) is 95.6 Å². The van der Waals surface area contributed by atoms with Gasteiger partial charge in [0.1, 0.15) is 0 Å². The van der Waals surface area contributed by atoms with Gasteiger partial charge in [-0.15, -0.1) is 0 Å². The molecule has 3 aromatic rings. The first-order chi connectivity index (χ1) is 14.3. The Hall–Kier alpha value is -2.96. The van der Waals surface area contributed by atoms with Crippen LogP contribution in [0.3, 0.4) is 0 Å². The second-order valence-corrected chi connectivity index (χ2v) is 9.23. The highest BCUT2D eigenvalue weighted by atomic mass is 32.2. The number of amides is 1. The van der Waals surface area contributed by atoms with E-state index in [1.165, 1.54) is 0 Å². The standard InChI is InChI=1S/C24H26N2O3S/c1-18(2)26-30(28,29)17-20-10-8-19(9-11-20)16-25-24(27)23-14-12-22(13-15-23)21-6-4-3-5-7-21/h3-15,18,26H,16-17H2,1-2H3,(H,25,27). The first kappa shape index (κ1) is 21.7. The maximum Gasteiger partial charge on any atom is 0.251 e. The van der Waals surface area contributed by atoms with Gasteiger partial charge in [-0.25, -0.2) is 13.1 Å². The van der Waals surface area contributed by atoms with Gasteiger partial charge in [0, 0.05) is 18.2 Å². The van der Waals surface area contributed by atoms with Gasteiger partial charge < -0.3 is 5.32 Å². The lowest BCUT2D eigenvalue weighted by atomic mass is 10.0. The molecular formula is C24H26N2O3S. The molecule has 3 rings (SSSR count). The molecule has 0 unspecified atom stereocenters. The Balaban J connectivity index is 1.56. The predicted octanol–water partition coefficient (Wildman–Crippen LogP) is 4.11. The minimum absolute atomic E-state index is 0.0639. The van der Waals surface area contributed by atoms with Crippen LogP contribution in [0.1, 0.15) is 35.3 Å². The summed E-state index contributed by atoms with van der Waals surface area (Å²) >= 11 is 0. The van der Waals surface area contributed by atoms with Crippen molar-refractivity contribution in [1.82, 2.24) is 10.0 Å². The Labute approximate surface area is 178 Å². The predicted molar refractivity (Wildman–Crippen MR) is 120 cm³/mol. The molecule has 0 aromatic heterocycles. The average Bonchev–Trinajstić information content (AvgIpc) is 2.72. The van der Waals surface area contributed by atoms with Crippen LogP contribution in [-0.4, -0.2) is 20.4 Å². The second-order valence-electron chi connectivity index (χ2n) is 7.47. The van der Waals surface area contributed by atoms with Gasteiger partial charge in [-0.1, -0.05) is 66.7 Å². The van der Waals surface area contributed by atoms with E-state index >= 15 is 0 Å². The number of benzene rings is 3. The number of hydrogen-bond donors (Lipinski definition) is 2. The number of rotatable bonds is 8. The average molecular weight is 423 g/mol. The molecule has 0 atom stereocenters. The van der Waals surface area contributed by atoms with E-state index in [0.29, 0.717) is 17.7 Å². The van der Waals surface area contributed by atoms with Gasteiger partial charge >= 0.3 is 0 Å². The molecule has 0 spiro atoms. The van der Waals surface area contributed by atoms with Gasteiger partial charge in [-0.2, -0.15) is 0 Å². The normalized spacial score (nSPS) is 11.4. The molecule has 0 aliphatic heterocycles. The Kier molecular flexibility index (Phi) is 7.03. The van der Waals surface area contributed by atoms with E-state index in [0.717, 1.165) is 16.7 Å². The molecule has 0 fully saturated rings. The Bertz CT molecular complexity index is 1080. The lowest BCUT2D eigenvalue weighted by Gasteiger charge is -2.10. The van der Waals surface area contributed by atoms with Gasteiger partial charge in [0.15, 0.2) is 0 Å². The number of nitrogens with one attached hydrogen (secondary N) is 2. The summed E-state index contributed by atoms with van der Waals surface area (Å²) in [6.45, 7) is 3.95. The molecular weight excluding hydrogens is 396 g/mol. The van der Waals surface area contributed by atoms with E-state index < -0.39 is 10.0 Å². The number of hydrogen-bond acceptors (Lipinski definition) is 3. The zero-order valence-electron chi connectivity index (χ0n) is 17.1. The smallest absolute Gasteiger partial charge is 0.251 e. The summed E-state index contributed by atoms with van der Waals surface area (Å²) in [5, 5.41) is 2.90. The summed E-state index contributed by atoms with van der Waals surface area (Å²) in [4.78, 5) is 12.4. The third kappa shape index (κ3) is 6.27. The van der Waals surface area contributed by atoms with Crippen LogP contribution in [-0.2, 0) is 22.3 Å². The summed E-state index contributed by atoms with van der Waals surface area (Å²) in [6.07, 6.45) is 0. The summed E-state index contributed by atoms with van der Waals surface area (Å²) < 4.78 is 26.6. The maximum atomic E-state index is 12.4.